The molecule has 0 saturated carbocycles. The zero-order valence-corrected chi connectivity index (χ0v) is 12.0. The smallest absolute Gasteiger partial charge is 0.0648 e. The van der Waals surface area contributed by atoms with Crippen LogP contribution in [0.25, 0.3) is 0 Å². The maximum absolute atomic E-state index is 4.22. The predicted molar refractivity (Wildman–Crippen MR) is 74.8 cm³/mol. The second-order valence-electron chi connectivity index (χ2n) is 4.86. The van der Waals surface area contributed by atoms with Crippen molar-refractivity contribution in [3.05, 3.63) is 41.0 Å². The number of likely N-dealkylation sites (N-methyl/N-ethyl adjacent to an activating group) is 1. The summed E-state index contributed by atoms with van der Waals surface area (Å²) in [5.74, 6) is 0. The van der Waals surface area contributed by atoms with Gasteiger partial charge >= 0.3 is 0 Å². The molecule has 0 saturated heterocycles. The number of rotatable bonds is 5. The van der Waals surface area contributed by atoms with Crippen LogP contribution in [-0.4, -0.2) is 26.5 Å². The third-order valence-electron chi connectivity index (χ3n) is 3.16. The summed E-state index contributed by atoms with van der Waals surface area (Å²) in [5, 5.41) is 16.1. The Morgan fingerprint density at radius 3 is 2.74 bits per heavy atom. The van der Waals surface area contributed by atoms with Crippen LogP contribution >= 0.6 is 0 Å². The fourth-order valence-corrected chi connectivity index (χ4v) is 2.27. The minimum atomic E-state index is 0.253. The van der Waals surface area contributed by atoms with E-state index >= 15 is 0 Å². The third-order valence-corrected chi connectivity index (χ3v) is 3.16. The number of aromatic nitrogens is 4. The summed E-state index contributed by atoms with van der Waals surface area (Å²) in [7, 11) is 1.94. The minimum absolute atomic E-state index is 0.253. The lowest BCUT2D eigenvalue weighted by Gasteiger charge is -2.19. The number of hydrogen-bond acceptors (Lipinski definition) is 4. The summed E-state index contributed by atoms with van der Waals surface area (Å²) >= 11 is 0. The third kappa shape index (κ3) is 3.38. The molecular weight excluding hydrogens is 238 g/mol. The molecule has 0 bridgehead atoms. The summed E-state index contributed by atoms with van der Waals surface area (Å²) < 4.78 is 1.83. The normalized spacial score (nSPS) is 12.6. The largest absolute Gasteiger partial charge is 0.310 e. The maximum Gasteiger partial charge on any atom is 0.0648 e. The Morgan fingerprint density at radius 1 is 1.32 bits per heavy atom. The molecular formula is C14H21N5. The molecule has 1 atom stereocenters. The molecule has 0 aliphatic rings. The van der Waals surface area contributed by atoms with E-state index in [1.807, 2.05) is 31.8 Å². The van der Waals surface area contributed by atoms with Crippen LogP contribution in [0.5, 0.6) is 0 Å². The van der Waals surface area contributed by atoms with Crippen molar-refractivity contribution in [2.75, 3.05) is 6.54 Å². The SMILES string of the molecule is CCNC(Cc1cnn(C)c1)c1cc(C)nnc1C. The fraction of sp³-hybridized carbons (Fsp3) is 0.500. The Labute approximate surface area is 114 Å². The van der Waals surface area contributed by atoms with Crippen LogP contribution in [0.15, 0.2) is 18.5 Å². The van der Waals surface area contributed by atoms with Gasteiger partial charge in [-0.3, -0.25) is 4.68 Å². The Kier molecular flexibility index (Phi) is 4.27. The molecule has 2 rings (SSSR count). The van der Waals surface area contributed by atoms with E-state index in [0.29, 0.717) is 0 Å². The summed E-state index contributed by atoms with van der Waals surface area (Å²) in [6.45, 7) is 7.02. The van der Waals surface area contributed by atoms with E-state index in [0.717, 1.165) is 24.4 Å². The molecule has 0 fully saturated rings. The molecule has 0 amide bonds. The van der Waals surface area contributed by atoms with Crippen molar-refractivity contribution in [1.29, 1.82) is 0 Å². The van der Waals surface area contributed by atoms with Crippen LogP contribution in [0.3, 0.4) is 0 Å². The number of hydrogen-bond donors (Lipinski definition) is 1. The zero-order chi connectivity index (χ0) is 13.8. The molecule has 0 radical (unpaired) electrons. The minimum Gasteiger partial charge on any atom is -0.310 e. The molecule has 1 unspecified atom stereocenters. The molecule has 2 aromatic rings. The van der Waals surface area contributed by atoms with Gasteiger partial charge in [-0.1, -0.05) is 6.92 Å². The highest BCUT2D eigenvalue weighted by molar-refractivity contribution is 5.25. The van der Waals surface area contributed by atoms with Crippen molar-refractivity contribution in [3.8, 4) is 0 Å². The van der Waals surface area contributed by atoms with Gasteiger partial charge in [0.25, 0.3) is 0 Å². The van der Waals surface area contributed by atoms with Gasteiger partial charge in [0.2, 0.25) is 0 Å². The molecule has 2 heterocycles. The van der Waals surface area contributed by atoms with Crippen molar-refractivity contribution >= 4 is 0 Å². The maximum atomic E-state index is 4.22. The van der Waals surface area contributed by atoms with Gasteiger partial charge in [0.05, 0.1) is 17.6 Å². The molecule has 2 aromatic heterocycles. The highest BCUT2D eigenvalue weighted by Crippen LogP contribution is 2.20. The monoisotopic (exact) mass is 259 g/mol. The summed E-state index contributed by atoms with van der Waals surface area (Å²) in [6.07, 6.45) is 4.88. The van der Waals surface area contributed by atoms with Crippen LogP contribution in [0.1, 0.15) is 35.5 Å². The standard InChI is InChI=1S/C14H21N5/c1-5-15-14(7-12-8-16-19(4)9-12)13-6-10(2)17-18-11(13)3/h6,8-9,14-15H,5,7H2,1-4H3. The van der Waals surface area contributed by atoms with E-state index in [9.17, 15) is 0 Å². The van der Waals surface area contributed by atoms with Gasteiger partial charge in [0, 0.05) is 19.3 Å². The molecule has 0 aliphatic carbocycles. The second-order valence-corrected chi connectivity index (χ2v) is 4.86. The predicted octanol–water partition coefficient (Wildman–Crippen LogP) is 1.72. The van der Waals surface area contributed by atoms with E-state index in [4.69, 9.17) is 0 Å². The quantitative estimate of drug-likeness (QED) is 0.888. The van der Waals surface area contributed by atoms with Gasteiger partial charge in [-0.05, 0) is 44.0 Å². The lowest BCUT2D eigenvalue weighted by Crippen LogP contribution is -2.24. The highest BCUT2D eigenvalue weighted by Gasteiger charge is 2.15. The number of nitrogens with zero attached hydrogens (tertiary/aromatic N) is 4. The van der Waals surface area contributed by atoms with Crippen LogP contribution in [-0.2, 0) is 13.5 Å². The summed E-state index contributed by atoms with van der Waals surface area (Å²) in [6, 6.07) is 2.37. The molecule has 19 heavy (non-hydrogen) atoms. The summed E-state index contributed by atoms with van der Waals surface area (Å²) in [5.41, 5.74) is 4.38. The van der Waals surface area contributed by atoms with Crippen molar-refractivity contribution in [1.82, 2.24) is 25.3 Å². The molecule has 102 valence electrons. The van der Waals surface area contributed by atoms with Gasteiger partial charge in [0.1, 0.15) is 0 Å². The lowest BCUT2D eigenvalue weighted by molar-refractivity contribution is 0.542. The van der Waals surface area contributed by atoms with Crippen molar-refractivity contribution < 1.29 is 0 Å². The van der Waals surface area contributed by atoms with E-state index in [1.165, 1.54) is 11.1 Å². The topological polar surface area (TPSA) is 55.6 Å². The van der Waals surface area contributed by atoms with Crippen LogP contribution in [0.4, 0.5) is 0 Å². The van der Waals surface area contributed by atoms with Gasteiger partial charge < -0.3 is 5.32 Å². The first-order valence-corrected chi connectivity index (χ1v) is 6.62. The average molecular weight is 259 g/mol. The van der Waals surface area contributed by atoms with Crippen LogP contribution < -0.4 is 5.32 Å². The first kappa shape index (κ1) is 13.7. The van der Waals surface area contributed by atoms with Gasteiger partial charge in [-0.2, -0.15) is 15.3 Å². The lowest BCUT2D eigenvalue weighted by atomic mass is 9.99. The molecule has 1 N–H and O–H groups in total. The van der Waals surface area contributed by atoms with Crippen molar-refractivity contribution in [3.63, 3.8) is 0 Å². The molecule has 5 heteroatoms. The average Bonchev–Trinajstić information content (AvgIpc) is 2.77. The van der Waals surface area contributed by atoms with Crippen LogP contribution in [0.2, 0.25) is 0 Å². The zero-order valence-electron chi connectivity index (χ0n) is 12.0. The highest BCUT2D eigenvalue weighted by atomic mass is 15.2. The fourth-order valence-electron chi connectivity index (χ4n) is 2.27. The first-order valence-electron chi connectivity index (χ1n) is 6.62. The Hall–Kier alpha value is -1.75. The Bertz CT molecular complexity index is 547. The van der Waals surface area contributed by atoms with E-state index in [1.54, 1.807) is 0 Å². The van der Waals surface area contributed by atoms with E-state index in [-0.39, 0.29) is 6.04 Å². The molecule has 5 nitrogen and oxygen atoms in total. The second kappa shape index (κ2) is 5.93. The Balaban J connectivity index is 2.26. The van der Waals surface area contributed by atoms with Gasteiger partial charge in [0.15, 0.2) is 0 Å². The number of nitrogens with one attached hydrogen (secondary N) is 1. The summed E-state index contributed by atoms with van der Waals surface area (Å²) in [4.78, 5) is 0. The van der Waals surface area contributed by atoms with Gasteiger partial charge in [-0.25, -0.2) is 0 Å². The molecule has 0 aromatic carbocycles. The van der Waals surface area contributed by atoms with Crippen molar-refractivity contribution in [2.24, 2.45) is 7.05 Å². The van der Waals surface area contributed by atoms with E-state index in [2.05, 4.69) is 39.8 Å². The number of aryl methyl sites for hydroxylation is 3. The van der Waals surface area contributed by atoms with Crippen molar-refractivity contribution in [2.45, 2.75) is 33.2 Å². The molecule has 0 aliphatic heterocycles. The van der Waals surface area contributed by atoms with Gasteiger partial charge in [-0.15, -0.1) is 0 Å². The van der Waals surface area contributed by atoms with Crippen LogP contribution in [0, 0.1) is 13.8 Å². The van der Waals surface area contributed by atoms with E-state index < -0.39 is 0 Å². The molecule has 0 spiro atoms. The Morgan fingerprint density at radius 2 is 2.11 bits per heavy atom. The first-order chi connectivity index (χ1) is 9.10.